The largest absolute Gasteiger partial charge is 0.322 e. The van der Waals surface area contributed by atoms with Crippen molar-refractivity contribution >= 4 is 44.9 Å². The molecule has 140 valence electrons. The van der Waals surface area contributed by atoms with Crippen LogP contribution in [0.2, 0.25) is 0 Å². The average molecular weight is 405 g/mol. The number of thioether (sulfide) groups is 1. The van der Waals surface area contributed by atoms with Crippen LogP contribution in [-0.4, -0.2) is 16.1 Å². The highest BCUT2D eigenvalue weighted by Crippen LogP contribution is 2.31. The molecular formula is C23H20N2OS2. The number of carbonyl (C=O) groups is 1. The number of anilines is 1. The molecule has 0 bridgehead atoms. The van der Waals surface area contributed by atoms with Crippen LogP contribution in [0.5, 0.6) is 0 Å². The third-order valence-corrected chi connectivity index (χ3v) is 6.25. The molecule has 28 heavy (non-hydrogen) atoms. The van der Waals surface area contributed by atoms with Crippen molar-refractivity contribution in [3.8, 4) is 10.6 Å². The number of benzene rings is 3. The molecule has 0 aliphatic heterocycles. The molecule has 0 saturated carbocycles. The van der Waals surface area contributed by atoms with Crippen molar-refractivity contribution in [2.45, 2.75) is 24.0 Å². The van der Waals surface area contributed by atoms with Crippen LogP contribution in [0.25, 0.3) is 20.8 Å². The number of aromatic nitrogens is 1. The number of fused-ring (bicyclic) bond motifs is 1. The summed E-state index contributed by atoms with van der Waals surface area (Å²) < 4.78 is 1.16. The zero-order valence-corrected chi connectivity index (χ0v) is 17.3. The Morgan fingerprint density at radius 3 is 2.54 bits per heavy atom. The number of thiazole rings is 1. The lowest BCUT2D eigenvalue weighted by Gasteiger charge is -2.08. The van der Waals surface area contributed by atoms with E-state index in [1.165, 1.54) is 4.90 Å². The number of hydrogen-bond donors (Lipinski definition) is 1. The van der Waals surface area contributed by atoms with Gasteiger partial charge in [-0.05, 0) is 48.5 Å². The Morgan fingerprint density at radius 2 is 1.79 bits per heavy atom. The van der Waals surface area contributed by atoms with Gasteiger partial charge in [-0.25, -0.2) is 4.98 Å². The van der Waals surface area contributed by atoms with Gasteiger partial charge in [0, 0.05) is 27.0 Å². The molecule has 0 aliphatic rings. The number of carbonyl (C=O) groups excluding carboxylic acids is 1. The van der Waals surface area contributed by atoms with E-state index in [2.05, 4.69) is 25.2 Å². The maximum atomic E-state index is 12.6. The smallest absolute Gasteiger partial charge is 0.255 e. The minimum atomic E-state index is -0.109. The van der Waals surface area contributed by atoms with E-state index in [1.54, 1.807) is 23.1 Å². The molecule has 0 spiro atoms. The first-order valence-corrected chi connectivity index (χ1v) is 10.8. The van der Waals surface area contributed by atoms with Gasteiger partial charge in [-0.15, -0.1) is 23.1 Å². The van der Waals surface area contributed by atoms with Gasteiger partial charge in [-0.3, -0.25) is 4.79 Å². The predicted molar refractivity (Wildman–Crippen MR) is 120 cm³/mol. The third kappa shape index (κ3) is 4.26. The molecule has 0 radical (unpaired) electrons. The monoisotopic (exact) mass is 404 g/mol. The molecule has 3 aromatic carbocycles. The molecule has 3 nitrogen and oxygen atoms in total. The fraction of sp³-hybridized carbons (Fsp3) is 0.130. The quantitative estimate of drug-likeness (QED) is 0.376. The summed E-state index contributed by atoms with van der Waals surface area (Å²) in [5.41, 5.74) is 3.42. The summed E-state index contributed by atoms with van der Waals surface area (Å²) >= 11 is 3.44. The molecule has 0 aliphatic carbocycles. The number of hydrogen-bond acceptors (Lipinski definition) is 4. The van der Waals surface area contributed by atoms with Crippen molar-refractivity contribution in [3.63, 3.8) is 0 Å². The summed E-state index contributed by atoms with van der Waals surface area (Å²) in [4.78, 5) is 18.5. The lowest BCUT2D eigenvalue weighted by molar-refractivity contribution is 0.102. The first-order valence-electron chi connectivity index (χ1n) is 9.12. The lowest BCUT2D eigenvalue weighted by atomic mass is 10.2. The zero-order chi connectivity index (χ0) is 19.5. The summed E-state index contributed by atoms with van der Waals surface area (Å²) in [5.74, 6) is -0.109. The van der Waals surface area contributed by atoms with E-state index in [9.17, 15) is 4.79 Å². The highest BCUT2D eigenvalue weighted by atomic mass is 32.2. The predicted octanol–water partition coefficient (Wildman–Crippen LogP) is 6.72. The van der Waals surface area contributed by atoms with Crippen LogP contribution in [-0.2, 0) is 0 Å². The summed E-state index contributed by atoms with van der Waals surface area (Å²) in [6, 6.07) is 23.7. The number of nitrogens with one attached hydrogen (secondary N) is 1. The van der Waals surface area contributed by atoms with Crippen molar-refractivity contribution in [2.75, 3.05) is 5.32 Å². The van der Waals surface area contributed by atoms with E-state index in [-0.39, 0.29) is 5.91 Å². The lowest BCUT2D eigenvalue weighted by Crippen LogP contribution is -2.11. The third-order valence-electron chi connectivity index (χ3n) is 4.15. The summed E-state index contributed by atoms with van der Waals surface area (Å²) in [6.45, 7) is 4.31. The van der Waals surface area contributed by atoms with Crippen LogP contribution < -0.4 is 5.32 Å². The van der Waals surface area contributed by atoms with Gasteiger partial charge in [0.1, 0.15) is 5.01 Å². The van der Waals surface area contributed by atoms with Crippen molar-refractivity contribution in [3.05, 3.63) is 78.4 Å². The van der Waals surface area contributed by atoms with Crippen LogP contribution in [0.1, 0.15) is 24.2 Å². The second-order valence-corrected chi connectivity index (χ2v) is 9.39. The number of amides is 1. The van der Waals surface area contributed by atoms with E-state index in [0.29, 0.717) is 10.8 Å². The van der Waals surface area contributed by atoms with Gasteiger partial charge in [0.15, 0.2) is 0 Å². The van der Waals surface area contributed by atoms with E-state index in [0.717, 1.165) is 26.5 Å². The Morgan fingerprint density at radius 1 is 1.00 bits per heavy atom. The molecule has 1 amide bonds. The van der Waals surface area contributed by atoms with Gasteiger partial charge in [-0.1, -0.05) is 38.1 Å². The van der Waals surface area contributed by atoms with E-state index < -0.39 is 0 Å². The molecule has 1 aromatic heterocycles. The fourth-order valence-electron chi connectivity index (χ4n) is 2.89. The van der Waals surface area contributed by atoms with Gasteiger partial charge in [-0.2, -0.15) is 0 Å². The summed E-state index contributed by atoms with van der Waals surface area (Å²) in [5, 5.41) is 4.46. The Kier molecular flexibility index (Phi) is 5.46. The molecule has 5 heteroatoms. The van der Waals surface area contributed by atoms with Crippen molar-refractivity contribution in [1.29, 1.82) is 0 Å². The molecule has 1 N–H and O–H groups in total. The minimum Gasteiger partial charge on any atom is -0.322 e. The summed E-state index contributed by atoms with van der Waals surface area (Å²) in [7, 11) is 0. The van der Waals surface area contributed by atoms with Crippen LogP contribution >= 0.6 is 23.1 Å². The van der Waals surface area contributed by atoms with Gasteiger partial charge in [0.25, 0.3) is 5.91 Å². The average Bonchev–Trinajstić information content (AvgIpc) is 3.12. The molecule has 4 aromatic rings. The van der Waals surface area contributed by atoms with E-state index in [1.807, 2.05) is 66.7 Å². The molecule has 4 rings (SSSR count). The molecule has 0 saturated heterocycles. The first-order chi connectivity index (χ1) is 13.6. The normalized spacial score (nSPS) is 11.1. The number of nitrogens with zero attached hydrogens (tertiary/aromatic N) is 1. The highest BCUT2D eigenvalue weighted by molar-refractivity contribution is 7.99. The Bertz CT molecular complexity index is 1080. The Hall–Kier alpha value is -2.63. The standard InChI is InChI=1S/C23H20N2OS2/c1-15(2)27-19-12-10-16(11-13-19)22(26)24-18-7-5-6-17(14-18)23-25-20-8-3-4-9-21(20)28-23/h3-15H,1-2H3,(H,24,26). The Labute approximate surface area is 172 Å². The second kappa shape index (κ2) is 8.17. The fourth-order valence-corrected chi connectivity index (χ4v) is 4.69. The maximum Gasteiger partial charge on any atom is 0.255 e. The first kappa shape index (κ1) is 18.7. The summed E-state index contributed by atoms with van der Waals surface area (Å²) in [6.07, 6.45) is 0. The van der Waals surface area contributed by atoms with Crippen molar-refractivity contribution in [1.82, 2.24) is 4.98 Å². The maximum absolute atomic E-state index is 12.6. The SMILES string of the molecule is CC(C)Sc1ccc(C(=O)Nc2cccc(-c3nc4ccccc4s3)c2)cc1. The van der Waals surface area contributed by atoms with Gasteiger partial charge >= 0.3 is 0 Å². The topological polar surface area (TPSA) is 42.0 Å². The van der Waals surface area contributed by atoms with E-state index >= 15 is 0 Å². The van der Waals surface area contributed by atoms with Crippen LogP contribution in [0.4, 0.5) is 5.69 Å². The molecule has 0 unspecified atom stereocenters. The number of rotatable bonds is 5. The highest BCUT2D eigenvalue weighted by Gasteiger charge is 2.10. The van der Waals surface area contributed by atoms with Crippen LogP contribution in [0.15, 0.2) is 77.7 Å². The molecule has 1 heterocycles. The van der Waals surface area contributed by atoms with Crippen molar-refractivity contribution in [2.24, 2.45) is 0 Å². The van der Waals surface area contributed by atoms with Gasteiger partial charge < -0.3 is 5.32 Å². The van der Waals surface area contributed by atoms with Gasteiger partial charge in [0.05, 0.1) is 10.2 Å². The van der Waals surface area contributed by atoms with Gasteiger partial charge in [0.2, 0.25) is 0 Å². The Balaban J connectivity index is 1.52. The van der Waals surface area contributed by atoms with Crippen molar-refractivity contribution < 1.29 is 4.79 Å². The molecule has 0 atom stereocenters. The zero-order valence-electron chi connectivity index (χ0n) is 15.7. The number of para-hydroxylation sites is 1. The molecule has 0 fully saturated rings. The van der Waals surface area contributed by atoms with Crippen LogP contribution in [0.3, 0.4) is 0 Å². The molecular weight excluding hydrogens is 384 g/mol. The van der Waals surface area contributed by atoms with Crippen LogP contribution in [0, 0.1) is 0 Å². The minimum absolute atomic E-state index is 0.109. The second-order valence-electron chi connectivity index (χ2n) is 6.71. The van der Waals surface area contributed by atoms with E-state index in [4.69, 9.17) is 4.98 Å².